The maximum atomic E-state index is 12.9. The Balaban J connectivity index is 1.98. The van der Waals surface area contributed by atoms with Crippen LogP contribution < -0.4 is 10.2 Å². The first-order valence-corrected chi connectivity index (χ1v) is 8.42. The SMILES string of the molecule is O=c1cc(C(F)(F)F)oc2c(I)c(OCc3ccc(Cl)cc3)ccc12. The standard InChI is InChI=1S/C17H9ClF3IO3/c18-10-3-1-9(2-4-10)8-24-13-6-5-11-12(23)7-14(17(19,20)21)25-16(11)15(13)22/h1-7H,8H2. The zero-order valence-electron chi connectivity index (χ0n) is 12.4. The lowest BCUT2D eigenvalue weighted by Crippen LogP contribution is -2.11. The molecule has 0 bridgehead atoms. The normalized spacial score (nSPS) is 11.7. The molecule has 0 saturated heterocycles. The summed E-state index contributed by atoms with van der Waals surface area (Å²) < 4.78 is 49.4. The molecule has 0 aliphatic heterocycles. The van der Waals surface area contributed by atoms with Crippen molar-refractivity contribution in [3.63, 3.8) is 0 Å². The van der Waals surface area contributed by atoms with Crippen molar-refractivity contribution in [2.75, 3.05) is 0 Å². The molecule has 0 unspecified atom stereocenters. The van der Waals surface area contributed by atoms with Crippen LogP contribution in [0.25, 0.3) is 11.0 Å². The summed E-state index contributed by atoms with van der Waals surface area (Å²) in [5.41, 5.74) is -0.0597. The van der Waals surface area contributed by atoms with Crippen molar-refractivity contribution in [3.05, 3.63) is 72.6 Å². The summed E-state index contributed by atoms with van der Waals surface area (Å²) in [5.74, 6) is -1.01. The van der Waals surface area contributed by atoms with Gasteiger partial charge in [-0.1, -0.05) is 23.7 Å². The molecule has 0 saturated carbocycles. The first-order chi connectivity index (χ1) is 11.8. The molecule has 130 valence electrons. The molecule has 0 aliphatic carbocycles. The van der Waals surface area contributed by atoms with Gasteiger partial charge in [0.05, 0.1) is 8.96 Å². The lowest BCUT2D eigenvalue weighted by atomic mass is 10.2. The van der Waals surface area contributed by atoms with E-state index >= 15 is 0 Å². The molecule has 1 heterocycles. The van der Waals surface area contributed by atoms with Gasteiger partial charge >= 0.3 is 6.18 Å². The van der Waals surface area contributed by atoms with E-state index in [1.165, 1.54) is 12.1 Å². The highest BCUT2D eigenvalue weighted by Gasteiger charge is 2.35. The van der Waals surface area contributed by atoms with Crippen LogP contribution >= 0.6 is 34.2 Å². The molecule has 0 aliphatic rings. The van der Waals surface area contributed by atoms with Crippen LogP contribution in [0.5, 0.6) is 5.75 Å². The molecule has 25 heavy (non-hydrogen) atoms. The molecule has 0 N–H and O–H groups in total. The summed E-state index contributed by atoms with van der Waals surface area (Å²) in [6, 6.07) is 10.3. The van der Waals surface area contributed by atoms with Crippen molar-refractivity contribution >= 4 is 45.2 Å². The Bertz CT molecular complexity index is 981. The number of ether oxygens (including phenoxy) is 1. The number of alkyl halides is 3. The fraction of sp³-hybridized carbons (Fsp3) is 0.118. The third-order valence-electron chi connectivity index (χ3n) is 3.39. The highest BCUT2D eigenvalue weighted by molar-refractivity contribution is 14.1. The van der Waals surface area contributed by atoms with Gasteiger partial charge in [0.15, 0.2) is 11.0 Å². The van der Waals surface area contributed by atoms with Gasteiger partial charge in [-0.25, -0.2) is 0 Å². The van der Waals surface area contributed by atoms with E-state index in [-0.39, 0.29) is 17.6 Å². The van der Waals surface area contributed by atoms with Gasteiger partial charge < -0.3 is 9.15 Å². The molecule has 1 aromatic heterocycles. The average Bonchev–Trinajstić information content (AvgIpc) is 2.55. The zero-order valence-corrected chi connectivity index (χ0v) is 15.3. The molecule has 3 aromatic rings. The smallest absolute Gasteiger partial charge is 0.449 e. The molecular formula is C17H9ClF3IO3. The van der Waals surface area contributed by atoms with Crippen LogP contribution in [0.15, 0.2) is 51.7 Å². The van der Waals surface area contributed by atoms with Gasteiger partial charge in [0, 0.05) is 11.1 Å². The van der Waals surface area contributed by atoms with Crippen LogP contribution in [0.1, 0.15) is 11.3 Å². The maximum Gasteiger partial charge on any atom is 0.449 e. The Hall–Kier alpha value is -1.74. The lowest BCUT2D eigenvalue weighted by Gasteiger charge is -2.11. The van der Waals surface area contributed by atoms with E-state index in [9.17, 15) is 18.0 Å². The van der Waals surface area contributed by atoms with Crippen molar-refractivity contribution in [3.8, 4) is 5.75 Å². The molecule has 3 rings (SSSR count). The minimum Gasteiger partial charge on any atom is -0.488 e. The number of hydrogen-bond acceptors (Lipinski definition) is 3. The quantitative estimate of drug-likeness (QED) is 0.455. The number of benzene rings is 2. The van der Waals surface area contributed by atoms with E-state index in [0.29, 0.717) is 20.4 Å². The fourth-order valence-electron chi connectivity index (χ4n) is 2.16. The molecule has 0 radical (unpaired) electrons. The number of halogens is 5. The molecular weight excluding hydrogens is 472 g/mol. The topological polar surface area (TPSA) is 39.4 Å². The highest BCUT2D eigenvalue weighted by atomic mass is 127. The van der Waals surface area contributed by atoms with Crippen LogP contribution in [-0.2, 0) is 12.8 Å². The Morgan fingerprint density at radius 2 is 1.80 bits per heavy atom. The Morgan fingerprint density at radius 1 is 1.12 bits per heavy atom. The minimum atomic E-state index is -4.74. The Morgan fingerprint density at radius 3 is 2.44 bits per heavy atom. The number of fused-ring (bicyclic) bond motifs is 1. The molecule has 8 heteroatoms. The predicted octanol–water partition coefficient (Wildman–Crippen LogP) is 5.65. The van der Waals surface area contributed by atoms with Crippen LogP contribution in [0.4, 0.5) is 13.2 Å². The highest BCUT2D eigenvalue weighted by Crippen LogP contribution is 2.34. The second kappa shape index (κ2) is 6.87. The molecule has 0 atom stereocenters. The van der Waals surface area contributed by atoms with E-state index in [1.807, 2.05) is 0 Å². The van der Waals surface area contributed by atoms with Crippen molar-refractivity contribution in [2.45, 2.75) is 12.8 Å². The minimum absolute atomic E-state index is 0.0660. The van der Waals surface area contributed by atoms with E-state index < -0.39 is 17.4 Å². The van der Waals surface area contributed by atoms with Gasteiger partial charge in [0.2, 0.25) is 5.76 Å². The van der Waals surface area contributed by atoms with Gasteiger partial charge in [-0.15, -0.1) is 0 Å². The molecule has 0 spiro atoms. The van der Waals surface area contributed by atoms with Crippen molar-refractivity contribution < 1.29 is 22.3 Å². The Labute approximate surface area is 158 Å². The van der Waals surface area contributed by atoms with Crippen LogP contribution in [0, 0.1) is 3.57 Å². The first-order valence-electron chi connectivity index (χ1n) is 6.96. The summed E-state index contributed by atoms with van der Waals surface area (Å²) in [4.78, 5) is 11.9. The summed E-state index contributed by atoms with van der Waals surface area (Å²) >= 11 is 7.61. The van der Waals surface area contributed by atoms with E-state index in [0.717, 1.165) is 5.56 Å². The van der Waals surface area contributed by atoms with Crippen molar-refractivity contribution in [2.24, 2.45) is 0 Å². The second-order valence-corrected chi connectivity index (χ2v) is 6.66. The Kier molecular flexibility index (Phi) is 4.97. The second-order valence-electron chi connectivity index (χ2n) is 5.14. The van der Waals surface area contributed by atoms with Crippen LogP contribution in [0.3, 0.4) is 0 Å². The van der Waals surface area contributed by atoms with Crippen LogP contribution in [0.2, 0.25) is 5.02 Å². The molecule has 0 fully saturated rings. The first kappa shape index (κ1) is 18.1. The summed E-state index contributed by atoms with van der Waals surface area (Å²) in [5, 5.41) is 0.654. The molecule has 0 amide bonds. The average molecular weight is 481 g/mol. The van der Waals surface area contributed by atoms with E-state index in [1.54, 1.807) is 46.9 Å². The lowest BCUT2D eigenvalue weighted by molar-refractivity contribution is -0.152. The molecule has 3 nitrogen and oxygen atoms in total. The molecule has 2 aromatic carbocycles. The van der Waals surface area contributed by atoms with Gasteiger partial charge in [-0.2, -0.15) is 13.2 Å². The zero-order chi connectivity index (χ0) is 18.2. The summed E-state index contributed by atoms with van der Waals surface area (Å²) in [6.45, 7) is 0.196. The summed E-state index contributed by atoms with van der Waals surface area (Å²) in [6.07, 6.45) is -4.74. The third-order valence-corrected chi connectivity index (χ3v) is 4.66. The van der Waals surface area contributed by atoms with E-state index in [4.69, 9.17) is 20.8 Å². The van der Waals surface area contributed by atoms with Crippen molar-refractivity contribution in [1.82, 2.24) is 0 Å². The van der Waals surface area contributed by atoms with Crippen LogP contribution in [-0.4, -0.2) is 0 Å². The van der Waals surface area contributed by atoms with Gasteiger partial charge in [0.25, 0.3) is 0 Å². The summed E-state index contributed by atoms with van der Waals surface area (Å²) in [7, 11) is 0. The fourth-order valence-corrected chi connectivity index (χ4v) is 3.02. The monoisotopic (exact) mass is 480 g/mol. The largest absolute Gasteiger partial charge is 0.488 e. The van der Waals surface area contributed by atoms with E-state index in [2.05, 4.69) is 0 Å². The number of rotatable bonds is 3. The predicted molar refractivity (Wildman–Crippen MR) is 96.0 cm³/mol. The van der Waals surface area contributed by atoms with Gasteiger partial charge in [-0.05, 0) is 52.4 Å². The maximum absolute atomic E-state index is 12.9. The van der Waals surface area contributed by atoms with Gasteiger partial charge in [-0.3, -0.25) is 4.79 Å². The van der Waals surface area contributed by atoms with Gasteiger partial charge in [0.1, 0.15) is 12.4 Å². The van der Waals surface area contributed by atoms with Crippen molar-refractivity contribution in [1.29, 1.82) is 0 Å². The third kappa shape index (κ3) is 3.92. The number of hydrogen-bond donors (Lipinski definition) is 0.